The third kappa shape index (κ3) is 5.84. The van der Waals surface area contributed by atoms with Crippen molar-refractivity contribution >= 4 is 52.3 Å². The molecule has 0 saturated carbocycles. The molecule has 2 amide bonds. The molecule has 0 aliphatic carbocycles. The summed E-state index contributed by atoms with van der Waals surface area (Å²) in [4.78, 5) is 37.3. The maximum absolute atomic E-state index is 13.4. The molecule has 9 heteroatoms. The first-order chi connectivity index (χ1) is 18.6. The van der Waals surface area contributed by atoms with Crippen molar-refractivity contribution in [1.82, 2.24) is 5.32 Å². The summed E-state index contributed by atoms with van der Waals surface area (Å²) in [6.07, 6.45) is -0.548. The quantitative estimate of drug-likeness (QED) is 0.434. The van der Waals surface area contributed by atoms with Gasteiger partial charge in [-0.05, 0) is 56.2 Å². The maximum atomic E-state index is 13.4. The highest BCUT2D eigenvalue weighted by molar-refractivity contribution is 6.35. The molecule has 0 aromatic heterocycles. The van der Waals surface area contributed by atoms with Crippen LogP contribution in [-0.2, 0) is 20.7 Å². The first kappa shape index (κ1) is 26.9. The molecule has 0 spiro atoms. The molecule has 0 fully saturated rings. The molecule has 7 nitrogen and oxygen atoms in total. The molecule has 0 bridgehead atoms. The summed E-state index contributed by atoms with van der Waals surface area (Å²) in [5.41, 5.74) is 4.33. The third-order valence-electron chi connectivity index (χ3n) is 6.65. The third-order valence-corrected chi connectivity index (χ3v) is 7.24. The molecule has 1 N–H and O–H groups in total. The molecule has 2 aliphatic rings. The molecule has 39 heavy (non-hydrogen) atoms. The molecule has 2 heterocycles. The van der Waals surface area contributed by atoms with Crippen LogP contribution in [-0.4, -0.2) is 48.8 Å². The van der Waals surface area contributed by atoms with E-state index in [1.165, 1.54) is 4.90 Å². The number of nitrogens with zero attached hydrogens (tertiary/aromatic N) is 3. The minimum Gasteiger partial charge on any atom is -0.475 e. The zero-order valence-corrected chi connectivity index (χ0v) is 23.4. The summed E-state index contributed by atoms with van der Waals surface area (Å²) >= 11 is 12.2. The van der Waals surface area contributed by atoms with E-state index in [-0.39, 0.29) is 23.8 Å². The van der Waals surface area contributed by atoms with Gasteiger partial charge < -0.3 is 15.0 Å². The fraction of sp³-hybridized carbons (Fsp3) is 0.267. The Morgan fingerprint density at radius 3 is 2.49 bits per heavy atom. The largest absolute Gasteiger partial charge is 0.475 e. The fourth-order valence-electron chi connectivity index (χ4n) is 4.55. The van der Waals surface area contributed by atoms with Crippen LogP contribution >= 0.6 is 23.2 Å². The number of para-hydroxylation sites is 1. The second-order valence-electron chi connectivity index (χ2n) is 10.2. The Hall–Kier alpha value is -3.68. The highest BCUT2D eigenvalue weighted by Gasteiger charge is 2.31. The van der Waals surface area contributed by atoms with Crippen molar-refractivity contribution in [2.45, 2.75) is 38.4 Å². The Morgan fingerprint density at radius 2 is 1.79 bits per heavy atom. The first-order valence-corrected chi connectivity index (χ1v) is 13.4. The van der Waals surface area contributed by atoms with Crippen LogP contribution in [0.25, 0.3) is 0 Å². The van der Waals surface area contributed by atoms with Crippen molar-refractivity contribution in [3.63, 3.8) is 0 Å². The summed E-state index contributed by atoms with van der Waals surface area (Å²) in [7, 11) is 1.69. The van der Waals surface area contributed by atoms with Crippen molar-refractivity contribution in [2.75, 3.05) is 18.6 Å². The predicted octanol–water partition coefficient (Wildman–Crippen LogP) is 5.44. The van der Waals surface area contributed by atoms with Gasteiger partial charge in [0.2, 0.25) is 18.0 Å². The number of ether oxygens (including phenoxy) is 1. The van der Waals surface area contributed by atoms with Crippen molar-refractivity contribution in [3.05, 3.63) is 99.0 Å². The van der Waals surface area contributed by atoms with E-state index >= 15 is 0 Å². The van der Waals surface area contributed by atoms with Gasteiger partial charge in [-0.25, -0.2) is 9.98 Å². The monoisotopic (exact) mass is 562 g/mol. The molecule has 0 radical (unpaired) electrons. The van der Waals surface area contributed by atoms with E-state index in [1.807, 2.05) is 62.4 Å². The Balaban J connectivity index is 1.42. The number of halogens is 2. The first-order valence-electron chi connectivity index (χ1n) is 12.6. The number of rotatable bonds is 6. The molecular weight excluding hydrogens is 535 g/mol. The molecule has 3 aromatic carbocycles. The van der Waals surface area contributed by atoms with Gasteiger partial charge in [-0.15, -0.1) is 0 Å². The van der Waals surface area contributed by atoms with Crippen molar-refractivity contribution in [1.29, 1.82) is 0 Å². The smallest absolute Gasteiger partial charge is 0.272 e. The summed E-state index contributed by atoms with van der Waals surface area (Å²) in [6, 6.07) is 20.5. The number of anilines is 1. The lowest BCUT2D eigenvalue weighted by atomic mass is 9.99. The second-order valence-corrected chi connectivity index (χ2v) is 11.0. The number of benzodiazepines with no additional fused rings is 1. The average Bonchev–Trinajstić information content (AvgIpc) is 3.25. The number of hydrogen-bond acceptors (Lipinski definition) is 5. The number of fused-ring (bicyclic) bond motifs is 1. The van der Waals surface area contributed by atoms with E-state index in [9.17, 15) is 9.59 Å². The molecule has 5 rings (SSSR count). The van der Waals surface area contributed by atoms with E-state index in [0.29, 0.717) is 40.4 Å². The van der Waals surface area contributed by atoms with Gasteiger partial charge in [0.25, 0.3) is 5.91 Å². The SMILES string of the molecule is CN1C(=O)C(NC(=O)CCc2ccc(Cl)cc2Cl)N=C(c2ccc(C3=NC(C)(C)CO3)cc2)c2ccccc21. The summed E-state index contributed by atoms with van der Waals surface area (Å²) in [6.45, 7) is 4.58. The van der Waals surface area contributed by atoms with Crippen molar-refractivity contribution in [3.8, 4) is 0 Å². The van der Waals surface area contributed by atoms with Crippen LogP contribution in [0.2, 0.25) is 10.0 Å². The maximum Gasteiger partial charge on any atom is 0.272 e. The number of carbonyl (C=O) groups is 2. The van der Waals surface area contributed by atoms with Crippen molar-refractivity contribution in [2.24, 2.45) is 9.98 Å². The van der Waals surface area contributed by atoms with Gasteiger partial charge in [-0.2, -0.15) is 0 Å². The summed E-state index contributed by atoms with van der Waals surface area (Å²) in [5, 5.41) is 3.84. The van der Waals surface area contributed by atoms with Crippen LogP contribution in [0.5, 0.6) is 0 Å². The minimum absolute atomic E-state index is 0.139. The van der Waals surface area contributed by atoms with Gasteiger partial charge in [0.15, 0.2) is 0 Å². The number of benzene rings is 3. The van der Waals surface area contributed by atoms with E-state index in [1.54, 1.807) is 25.2 Å². The second kappa shape index (κ2) is 10.8. The molecular formula is C30H28Cl2N4O3. The van der Waals surface area contributed by atoms with Crippen LogP contribution < -0.4 is 10.2 Å². The van der Waals surface area contributed by atoms with E-state index in [4.69, 9.17) is 32.9 Å². The number of carbonyl (C=O) groups excluding carboxylic acids is 2. The van der Waals surface area contributed by atoms with Gasteiger partial charge in [0, 0.05) is 40.2 Å². The zero-order valence-electron chi connectivity index (χ0n) is 21.9. The van der Waals surface area contributed by atoms with Gasteiger partial charge in [-0.1, -0.05) is 59.6 Å². The van der Waals surface area contributed by atoms with Crippen LogP contribution in [0.4, 0.5) is 5.69 Å². The normalized spacial score (nSPS) is 18.0. The minimum atomic E-state index is -1.09. The zero-order chi connectivity index (χ0) is 27.7. The van der Waals surface area contributed by atoms with Crippen LogP contribution in [0.15, 0.2) is 76.7 Å². The lowest BCUT2D eigenvalue weighted by Crippen LogP contribution is -2.46. The number of likely N-dealkylation sites (N-methyl/N-ethyl adjacent to an activating group) is 1. The van der Waals surface area contributed by atoms with E-state index in [0.717, 1.165) is 22.3 Å². The Labute approximate surface area is 237 Å². The van der Waals surface area contributed by atoms with Crippen LogP contribution in [0, 0.1) is 0 Å². The average molecular weight is 563 g/mol. The van der Waals surface area contributed by atoms with Gasteiger partial charge >= 0.3 is 0 Å². The molecule has 3 aromatic rings. The topological polar surface area (TPSA) is 83.4 Å². The predicted molar refractivity (Wildman–Crippen MR) is 155 cm³/mol. The van der Waals surface area contributed by atoms with Gasteiger partial charge in [-0.3, -0.25) is 9.59 Å². The molecule has 0 saturated heterocycles. The summed E-state index contributed by atoms with van der Waals surface area (Å²) < 4.78 is 5.78. The lowest BCUT2D eigenvalue weighted by molar-refractivity contribution is -0.127. The standard InChI is InChI=1S/C30H28Cl2N4O3/c1-30(2)17-39-28(35-30)20-10-8-19(9-11-20)26-22-6-4-5-7-24(22)36(3)29(38)27(34-26)33-25(37)15-13-18-12-14-21(31)16-23(18)32/h4-12,14,16,27H,13,15,17H2,1-3H3,(H,33,37). The Kier molecular flexibility index (Phi) is 7.47. The molecule has 1 unspecified atom stereocenters. The molecule has 200 valence electrons. The highest BCUT2D eigenvalue weighted by atomic mass is 35.5. The Bertz CT molecular complexity index is 1500. The molecule has 1 atom stereocenters. The fourth-order valence-corrected chi connectivity index (χ4v) is 5.05. The van der Waals surface area contributed by atoms with Gasteiger partial charge in [0.05, 0.1) is 16.9 Å². The number of aryl methyl sites for hydroxylation is 1. The van der Waals surface area contributed by atoms with Crippen molar-refractivity contribution < 1.29 is 14.3 Å². The van der Waals surface area contributed by atoms with Crippen LogP contribution in [0.3, 0.4) is 0 Å². The lowest BCUT2D eigenvalue weighted by Gasteiger charge is -2.20. The van der Waals surface area contributed by atoms with E-state index in [2.05, 4.69) is 10.3 Å². The number of hydrogen-bond donors (Lipinski definition) is 1. The highest BCUT2D eigenvalue weighted by Crippen LogP contribution is 2.28. The van der Waals surface area contributed by atoms with Gasteiger partial charge in [0.1, 0.15) is 6.61 Å². The Morgan fingerprint density at radius 1 is 1.08 bits per heavy atom. The summed E-state index contributed by atoms with van der Waals surface area (Å²) in [5.74, 6) is -0.0327. The number of nitrogens with one attached hydrogen (secondary N) is 1. The number of amides is 2. The number of aliphatic imine (C=N–C) groups is 2. The molecule has 2 aliphatic heterocycles. The van der Waals surface area contributed by atoms with Crippen LogP contribution in [0.1, 0.15) is 42.5 Å². The van der Waals surface area contributed by atoms with E-state index < -0.39 is 6.17 Å².